The predicted molar refractivity (Wildman–Crippen MR) is 70.9 cm³/mol. The van der Waals surface area contributed by atoms with Crippen molar-refractivity contribution < 1.29 is 24.6 Å². The van der Waals surface area contributed by atoms with E-state index in [4.69, 9.17) is 0 Å². The first-order valence-electron chi connectivity index (χ1n) is 6.68. The summed E-state index contributed by atoms with van der Waals surface area (Å²) in [7, 11) is 0. The number of aliphatic hydroxyl groups excluding tert-OH is 1. The zero-order valence-electron chi connectivity index (χ0n) is 12.2. The van der Waals surface area contributed by atoms with Crippen molar-refractivity contribution in [2.75, 3.05) is 0 Å². The third-order valence-corrected chi connectivity index (χ3v) is 5.21. The SMILES string of the molecule is CC1(O)CC(=O)C(C2(C)C(O)CC(=O)C2(C)C)=CC1=O. The molecule has 0 aromatic rings. The van der Waals surface area contributed by atoms with Crippen molar-refractivity contribution in [1.29, 1.82) is 0 Å². The second kappa shape index (κ2) is 4.09. The van der Waals surface area contributed by atoms with Crippen LogP contribution in [0.15, 0.2) is 11.6 Å². The number of ketones is 3. The van der Waals surface area contributed by atoms with Gasteiger partial charge in [0.1, 0.15) is 11.4 Å². The minimum atomic E-state index is -1.70. The first-order chi connectivity index (χ1) is 8.94. The van der Waals surface area contributed by atoms with E-state index in [2.05, 4.69) is 0 Å². The van der Waals surface area contributed by atoms with Gasteiger partial charge in [-0.2, -0.15) is 0 Å². The highest BCUT2D eigenvalue weighted by Gasteiger charge is 2.61. The highest BCUT2D eigenvalue weighted by Crippen LogP contribution is 2.55. The molecule has 2 rings (SSSR count). The quantitative estimate of drug-likeness (QED) is 0.732. The third kappa shape index (κ3) is 1.73. The molecule has 5 heteroatoms. The molecule has 0 saturated heterocycles. The Morgan fingerprint density at radius 2 is 1.70 bits per heavy atom. The third-order valence-electron chi connectivity index (χ3n) is 5.21. The van der Waals surface area contributed by atoms with Crippen LogP contribution in [0.3, 0.4) is 0 Å². The second-order valence-corrected chi connectivity index (χ2v) is 6.77. The minimum Gasteiger partial charge on any atom is -0.392 e. The minimum absolute atomic E-state index is 0.0291. The normalized spacial score (nSPS) is 41.0. The van der Waals surface area contributed by atoms with Gasteiger partial charge in [0.05, 0.1) is 6.10 Å². The Bertz CT molecular complexity index is 540. The topological polar surface area (TPSA) is 91.7 Å². The fourth-order valence-electron chi connectivity index (χ4n) is 3.16. The molecule has 0 heterocycles. The number of hydrogen-bond donors (Lipinski definition) is 2. The van der Waals surface area contributed by atoms with Crippen molar-refractivity contribution in [3.05, 3.63) is 11.6 Å². The van der Waals surface area contributed by atoms with Crippen LogP contribution in [-0.2, 0) is 14.4 Å². The van der Waals surface area contributed by atoms with E-state index in [-0.39, 0.29) is 30.0 Å². The van der Waals surface area contributed by atoms with Gasteiger partial charge >= 0.3 is 0 Å². The van der Waals surface area contributed by atoms with E-state index >= 15 is 0 Å². The summed E-state index contributed by atoms with van der Waals surface area (Å²) in [4.78, 5) is 36.3. The highest BCUT2D eigenvalue weighted by atomic mass is 16.3. The molecule has 0 amide bonds. The molecule has 5 nitrogen and oxygen atoms in total. The molecule has 2 N–H and O–H groups in total. The largest absolute Gasteiger partial charge is 0.392 e. The number of carbonyl (C=O) groups is 3. The average molecular weight is 280 g/mol. The van der Waals surface area contributed by atoms with Crippen LogP contribution in [0.2, 0.25) is 0 Å². The van der Waals surface area contributed by atoms with Crippen LogP contribution in [0.5, 0.6) is 0 Å². The highest BCUT2D eigenvalue weighted by molar-refractivity contribution is 6.13. The molecule has 20 heavy (non-hydrogen) atoms. The van der Waals surface area contributed by atoms with E-state index in [1.807, 2.05) is 0 Å². The first kappa shape index (κ1) is 15.1. The smallest absolute Gasteiger partial charge is 0.187 e. The van der Waals surface area contributed by atoms with Gasteiger partial charge in [0.2, 0.25) is 0 Å². The Hall–Kier alpha value is -1.33. The molecule has 2 aliphatic carbocycles. The van der Waals surface area contributed by atoms with Crippen LogP contribution in [0.25, 0.3) is 0 Å². The summed E-state index contributed by atoms with van der Waals surface area (Å²) in [6, 6.07) is 0. The molecule has 110 valence electrons. The lowest BCUT2D eigenvalue weighted by Gasteiger charge is -2.42. The maximum atomic E-state index is 12.3. The predicted octanol–water partition coefficient (Wildman–Crippen LogP) is 0.572. The van der Waals surface area contributed by atoms with Gasteiger partial charge < -0.3 is 10.2 Å². The second-order valence-electron chi connectivity index (χ2n) is 6.77. The summed E-state index contributed by atoms with van der Waals surface area (Å²) in [5.41, 5.74) is -3.59. The lowest BCUT2D eigenvalue weighted by atomic mass is 9.60. The van der Waals surface area contributed by atoms with E-state index in [1.54, 1.807) is 20.8 Å². The van der Waals surface area contributed by atoms with Gasteiger partial charge in [0, 0.05) is 29.2 Å². The monoisotopic (exact) mass is 280 g/mol. The molecule has 0 spiro atoms. The van der Waals surface area contributed by atoms with Gasteiger partial charge in [-0.05, 0) is 13.0 Å². The molecular weight excluding hydrogens is 260 g/mol. The Labute approximate surface area is 117 Å². The molecule has 2 aliphatic rings. The average Bonchev–Trinajstić information content (AvgIpc) is 2.45. The van der Waals surface area contributed by atoms with Gasteiger partial charge in [-0.3, -0.25) is 14.4 Å². The summed E-state index contributed by atoms with van der Waals surface area (Å²) in [6.45, 7) is 6.29. The number of rotatable bonds is 1. The van der Waals surface area contributed by atoms with E-state index in [9.17, 15) is 24.6 Å². The van der Waals surface area contributed by atoms with Crippen LogP contribution in [-0.4, -0.2) is 39.3 Å². The van der Waals surface area contributed by atoms with Crippen molar-refractivity contribution in [1.82, 2.24) is 0 Å². The maximum absolute atomic E-state index is 12.3. The molecule has 3 unspecified atom stereocenters. The zero-order valence-corrected chi connectivity index (χ0v) is 12.2. The Morgan fingerprint density at radius 1 is 1.15 bits per heavy atom. The number of Topliss-reactive ketones (excluding diaryl/α,β-unsaturated/α-hetero) is 2. The molecular formula is C15H20O5. The van der Waals surface area contributed by atoms with E-state index in [1.165, 1.54) is 6.92 Å². The standard InChI is InChI=1S/C15H20O5/c1-13(2)10(17)6-12(19)15(13,4)8-5-11(18)14(3,20)7-9(8)16/h5,12,19-20H,6-7H2,1-4H3. The van der Waals surface area contributed by atoms with Crippen molar-refractivity contribution in [2.45, 2.75) is 52.2 Å². The van der Waals surface area contributed by atoms with E-state index in [0.717, 1.165) is 6.08 Å². The van der Waals surface area contributed by atoms with Crippen molar-refractivity contribution in [2.24, 2.45) is 10.8 Å². The molecule has 0 aromatic carbocycles. The summed E-state index contributed by atoms with van der Waals surface area (Å²) in [5.74, 6) is -1.08. The zero-order chi connectivity index (χ0) is 15.5. The van der Waals surface area contributed by atoms with Crippen LogP contribution < -0.4 is 0 Å². The van der Waals surface area contributed by atoms with Crippen LogP contribution in [0.1, 0.15) is 40.5 Å². The molecule has 3 atom stereocenters. The van der Waals surface area contributed by atoms with Gasteiger partial charge in [-0.1, -0.05) is 20.8 Å². The van der Waals surface area contributed by atoms with Crippen LogP contribution >= 0.6 is 0 Å². The molecule has 0 bridgehead atoms. The Balaban J connectivity index is 2.58. The van der Waals surface area contributed by atoms with Gasteiger partial charge in [0.15, 0.2) is 11.6 Å². The Kier molecular flexibility index (Phi) is 3.08. The van der Waals surface area contributed by atoms with Crippen molar-refractivity contribution in [3.63, 3.8) is 0 Å². The molecule has 1 fully saturated rings. The Morgan fingerprint density at radius 3 is 2.15 bits per heavy atom. The van der Waals surface area contributed by atoms with E-state index in [0.29, 0.717) is 0 Å². The fraction of sp³-hybridized carbons (Fsp3) is 0.667. The molecule has 0 radical (unpaired) electrons. The lowest BCUT2D eigenvalue weighted by Crippen LogP contribution is -2.49. The number of carbonyl (C=O) groups excluding carboxylic acids is 3. The van der Waals surface area contributed by atoms with E-state index < -0.39 is 28.3 Å². The first-order valence-corrected chi connectivity index (χ1v) is 6.68. The number of hydrogen-bond acceptors (Lipinski definition) is 5. The molecule has 0 aromatic heterocycles. The van der Waals surface area contributed by atoms with Crippen molar-refractivity contribution in [3.8, 4) is 0 Å². The number of aliphatic hydroxyl groups is 2. The van der Waals surface area contributed by atoms with Crippen LogP contribution in [0.4, 0.5) is 0 Å². The van der Waals surface area contributed by atoms with Gasteiger partial charge in [-0.15, -0.1) is 0 Å². The fourth-order valence-corrected chi connectivity index (χ4v) is 3.16. The summed E-state index contributed by atoms with van der Waals surface area (Å²) in [6.07, 6.45) is -0.241. The molecule has 0 aliphatic heterocycles. The lowest BCUT2D eigenvalue weighted by molar-refractivity contribution is -0.139. The summed E-state index contributed by atoms with van der Waals surface area (Å²) in [5, 5.41) is 20.1. The summed E-state index contributed by atoms with van der Waals surface area (Å²) >= 11 is 0. The van der Waals surface area contributed by atoms with Gasteiger partial charge in [-0.25, -0.2) is 0 Å². The molecule has 1 saturated carbocycles. The van der Waals surface area contributed by atoms with Gasteiger partial charge in [0.25, 0.3) is 0 Å². The summed E-state index contributed by atoms with van der Waals surface area (Å²) < 4.78 is 0. The van der Waals surface area contributed by atoms with Crippen LogP contribution in [0, 0.1) is 10.8 Å². The maximum Gasteiger partial charge on any atom is 0.187 e. The van der Waals surface area contributed by atoms with Crippen molar-refractivity contribution >= 4 is 17.3 Å².